The first-order valence-corrected chi connectivity index (χ1v) is 35.0. The van der Waals surface area contributed by atoms with Gasteiger partial charge in [0, 0.05) is 0 Å². The Morgan fingerprint density at radius 2 is 0.768 bits per heavy atom. The number of aliphatic hydroxyl groups excluding tert-OH is 7. The van der Waals surface area contributed by atoms with E-state index in [1.807, 2.05) is 0 Å². The highest BCUT2D eigenvalue weighted by molar-refractivity contribution is 5.80. The van der Waals surface area contributed by atoms with Gasteiger partial charge >= 0.3 is 0 Å². The number of hydrogen-bond donors (Lipinski definition) is 8. The minimum absolute atomic E-state index is 0.246. The van der Waals surface area contributed by atoms with Crippen LogP contribution in [0.2, 0.25) is 0 Å². The lowest BCUT2D eigenvalue weighted by Gasteiger charge is -2.40. The van der Waals surface area contributed by atoms with Crippen LogP contribution in [0.3, 0.4) is 0 Å². The van der Waals surface area contributed by atoms with Crippen molar-refractivity contribution < 1.29 is 50.0 Å². The summed E-state index contributed by atoms with van der Waals surface area (Å²) in [5.74, 6) is -0.707. The highest BCUT2D eigenvalue weighted by Crippen LogP contribution is 2.24. The van der Waals surface area contributed by atoms with E-state index in [-0.39, 0.29) is 12.8 Å². The number of carbonyl (C=O) groups is 1. The molecule has 1 saturated heterocycles. The number of hydrogen-bond acceptors (Lipinski definition) is 10. The van der Waals surface area contributed by atoms with E-state index in [9.17, 15) is 40.5 Å². The molecule has 9 unspecified atom stereocenters. The van der Waals surface area contributed by atoms with Crippen LogP contribution in [0.25, 0.3) is 0 Å². The minimum Gasteiger partial charge on any atom is -0.394 e. The minimum atomic E-state index is -1.67. The van der Waals surface area contributed by atoms with Gasteiger partial charge in [-0.1, -0.05) is 294 Å². The summed E-state index contributed by atoms with van der Waals surface area (Å²) in [6.07, 6.45) is 66.2. The summed E-state index contributed by atoms with van der Waals surface area (Å²) in [6.45, 7) is 3.48. The number of unbranched alkanes of at least 4 members (excludes halogenated alkanes) is 41. The molecule has 0 saturated carbocycles. The SMILES string of the molecule is CCCCCCCCCCC/C=C\C/C=C\CCCCCCCCCCCCCCCCC(O)C(=O)NC(COC1OC(CO)C(O)C(O)C1O)C(O)C(O)CCC/C=C/CC/C=C/CCCCCCCCCCCCCCCCCC. The first kappa shape index (κ1) is 78.1. The van der Waals surface area contributed by atoms with E-state index in [0.717, 1.165) is 44.9 Å². The molecule has 82 heavy (non-hydrogen) atoms. The number of allylic oxidation sites excluding steroid dienone is 8. The maximum absolute atomic E-state index is 13.2. The van der Waals surface area contributed by atoms with Crippen LogP contribution in [0.1, 0.15) is 328 Å². The van der Waals surface area contributed by atoms with E-state index < -0.39 is 74.2 Å². The zero-order valence-electron chi connectivity index (χ0n) is 53.2. The molecule has 1 aliphatic rings. The zero-order chi connectivity index (χ0) is 59.6. The number of ether oxygens (including phenoxy) is 2. The van der Waals surface area contributed by atoms with Crippen LogP contribution in [0, 0.1) is 0 Å². The van der Waals surface area contributed by atoms with Crippen molar-refractivity contribution in [3.63, 3.8) is 0 Å². The monoisotopic (exact) mass is 1160 g/mol. The summed E-state index contributed by atoms with van der Waals surface area (Å²) in [5, 5.41) is 76.5. The molecule has 8 N–H and O–H groups in total. The highest BCUT2D eigenvalue weighted by atomic mass is 16.7. The summed E-state index contributed by atoms with van der Waals surface area (Å²) < 4.78 is 11.2. The van der Waals surface area contributed by atoms with Crippen molar-refractivity contribution in [2.45, 2.75) is 384 Å². The second kappa shape index (κ2) is 59.4. The van der Waals surface area contributed by atoms with Gasteiger partial charge in [0.05, 0.1) is 25.4 Å². The van der Waals surface area contributed by atoms with Crippen molar-refractivity contribution >= 4 is 5.91 Å². The van der Waals surface area contributed by atoms with Gasteiger partial charge in [0.25, 0.3) is 0 Å². The standard InChI is InChI=1S/C71H133NO10/c1-3-5-7-9-11-13-15-17-19-21-23-25-27-29-30-31-32-33-35-37-39-41-43-45-47-49-51-53-55-57-59-64(75)70(80)72-62(61-81-71-69(79)68(78)67(77)65(60-73)82-71)66(76)63(74)58-56-54-52-50-48-46-44-42-40-38-36-34-28-26-24-22-20-18-16-14-12-10-8-6-4-2/h23,25,29-30,42,44,50,52,62-69,71,73-79H,3-22,24,26-28,31-41,43,45-49,51,53-61H2,1-2H3,(H,72,80)/b25-23-,30-29-,44-42+,52-50+. The van der Waals surface area contributed by atoms with E-state index in [2.05, 4.69) is 67.8 Å². The maximum atomic E-state index is 13.2. The average molecular weight is 1160 g/mol. The first-order chi connectivity index (χ1) is 40.2. The van der Waals surface area contributed by atoms with E-state index >= 15 is 0 Å². The van der Waals surface area contributed by atoms with Gasteiger partial charge in [-0.15, -0.1) is 0 Å². The Morgan fingerprint density at radius 3 is 1.16 bits per heavy atom. The van der Waals surface area contributed by atoms with E-state index in [1.165, 1.54) is 238 Å². The van der Waals surface area contributed by atoms with Crippen molar-refractivity contribution in [3.05, 3.63) is 48.6 Å². The Kier molecular flexibility index (Phi) is 56.6. The zero-order valence-corrected chi connectivity index (χ0v) is 53.2. The van der Waals surface area contributed by atoms with Crippen molar-refractivity contribution in [2.75, 3.05) is 13.2 Å². The lowest BCUT2D eigenvalue weighted by molar-refractivity contribution is -0.303. The van der Waals surface area contributed by atoms with Crippen molar-refractivity contribution in [3.8, 4) is 0 Å². The third-order valence-electron chi connectivity index (χ3n) is 16.8. The number of rotatable bonds is 61. The van der Waals surface area contributed by atoms with Crippen LogP contribution in [0.15, 0.2) is 48.6 Å². The quantitative estimate of drug-likeness (QED) is 0.0215. The molecule has 0 aliphatic carbocycles. The average Bonchev–Trinajstić information content (AvgIpc) is 3.50. The molecule has 0 bridgehead atoms. The summed E-state index contributed by atoms with van der Waals surface area (Å²) >= 11 is 0. The Labute approximate surface area is 504 Å². The molecule has 0 aromatic carbocycles. The van der Waals surface area contributed by atoms with Gasteiger partial charge in [-0.3, -0.25) is 4.79 Å². The molecule has 1 rings (SSSR count). The smallest absolute Gasteiger partial charge is 0.249 e. The number of aliphatic hydroxyl groups is 7. The molecule has 11 heteroatoms. The van der Waals surface area contributed by atoms with E-state index in [1.54, 1.807) is 0 Å². The number of nitrogens with one attached hydrogen (secondary N) is 1. The van der Waals surface area contributed by atoms with Crippen LogP contribution >= 0.6 is 0 Å². The second-order valence-corrected chi connectivity index (χ2v) is 24.6. The van der Waals surface area contributed by atoms with Gasteiger partial charge in [0.1, 0.15) is 36.6 Å². The molecule has 0 aromatic rings. The van der Waals surface area contributed by atoms with Crippen LogP contribution in [-0.4, -0.2) is 110 Å². The van der Waals surface area contributed by atoms with Crippen LogP contribution in [-0.2, 0) is 14.3 Å². The molecule has 11 nitrogen and oxygen atoms in total. The van der Waals surface area contributed by atoms with Gasteiger partial charge < -0.3 is 50.5 Å². The fraction of sp³-hybridized carbons (Fsp3) is 0.873. The van der Waals surface area contributed by atoms with Crippen molar-refractivity contribution in [1.82, 2.24) is 5.32 Å². The molecule has 0 radical (unpaired) electrons. The molecule has 0 aromatic heterocycles. The van der Waals surface area contributed by atoms with Gasteiger partial charge in [-0.05, 0) is 83.5 Å². The van der Waals surface area contributed by atoms with E-state index in [0.29, 0.717) is 19.3 Å². The first-order valence-electron chi connectivity index (χ1n) is 35.0. The second-order valence-electron chi connectivity index (χ2n) is 24.6. The molecule has 1 fully saturated rings. The van der Waals surface area contributed by atoms with Crippen LogP contribution in [0.5, 0.6) is 0 Å². The third-order valence-corrected chi connectivity index (χ3v) is 16.8. The normalized spacial score (nSPS) is 19.4. The van der Waals surface area contributed by atoms with Gasteiger partial charge in [0.15, 0.2) is 6.29 Å². The van der Waals surface area contributed by atoms with Gasteiger partial charge in [-0.2, -0.15) is 0 Å². The Morgan fingerprint density at radius 1 is 0.427 bits per heavy atom. The summed E-state index contributed by atoms with van der Waals surface area (Å²) in [6, 6.07) is -1.19. The molecule has 1 amide bonds. The number of carbonyl (C=O) groups excluding carboxylic acids is 1. The van der Waals surface area contributed by atoms with E-state index in [4.69, 9.17) is 9.47 Å². The molecule has 9 atom stereocenters. The lowest BCUT2D eigenvalue weighted by Crippen LogP contribution is -2.60. The largest absolute Gasteiger partial charge is 0.394 e. The summed E-state index contributed by atoms with van der Waals surface area (Å²) in [7, 11) is 0. The molecule has 0 spiro atoms. The summed E-state index contributed by atoms with van der Waals surface area (Å²) in [4.78, 5) is 13.2. The Hall–Kier alpha value is -1.93. The fourth-order valence-electron chi connectivity index (χ4n) is 11.2. The molecule has 482 valence electrons. The van der Waals surface area contributed by atoms with Crippen LogP contribution in [0.4, 0.5) is 0 Å². The van der Waals surface area contributed by atoms with Gasteiger partial charge in [-0.25, -0.2) is 0 Å². The Bertz CT molecular complexity index is 1470. The maximum Gasteiger partial charge on any atom is 0.249 e. The van der Waals surface area contributed by atoms with Crippen molar-refractivity contribution in [2.24, 2.45) is 0 Å². The van der Waals surface area contributed by atoms with Crippen molar-refractivity contribution in [1.29, 1.82) is 0 Å². The topological polar surface area (TPSA) is 189 Å². The molecular formula is C71H133NO10. The Balaban J connectivity index is 2.23. The molecule has 1 aliphatic heterocycles. The fourth-order valence-corrected chi connectivity index (χ4v) is 11.2. The molecular weight excluding hydrogens is 1030 g/mol. The van der Waals surface area contributed by atoms with Gasteiger partial charge in [0.2, 0.25) is 5.91 Å². The predicted molar refractivity (Wildman–Crippen MR) is 344 cm³/mol. The predicted octanol–water partition coefficient (Wildman–Crippen LogP) is 16.7. The third kappa shape index (κ3) is 46.3. The lowest BCUT2D eigenvalue weighted by atomic mass is 9.98. The highest BCUT2D eigenvalue weighted by Gasteiger charge is 2.44. The summed E-state index contributed by atoms with van der Waals surface area (Å²) in [5.41, 5.74) is 0. The number of amides is 1. The molecule has 1 heterocycles. The van der Waals surface area contributed by atoms with Crippen LogP contribution < -0.4 is 5.32 Å².